The zero-order valence-corrected chi connectivity index (χ0v) is 10.4. The molecule has 0 amide bonds. The van der Waals surface area contributed by atoms with Crippen molar-refractivity contribution in [2.45, 2.75) is 32.1 Å². The third-order valence-electron chi connectivity index (χ3n) is 3.11. The maximum absolute atomic E-state index is 9.22. The van der Waals surface area contributed by atoms with Crippen molar-refractivity contribution in [3.05, 3.63) is 17.5 Å². The Hall–Kier alpha value is -0.910. The lowest BCUT2D eigenvalue weighted by atomic mass is 9.82. The molecule has 1 aliphatic carbocycles. The molecule has 1 aromatic heterocycles. The molecule has 1 aromatic rings. The number of aliphatic hydroxyl groups excluding tert-OH is 1. The van der Waals surface area contributed by atoms with E-state index in [4.69, 9.17) is 9.26 Å². The van der Waals surface area contributed by atoms with E-state index in [1.54, 1.807) is 7.11 Å². The lowest BCUT2D eigenvalue weighted by Crippen LogP contribution is -2.36. The number of hydrogen-bond donors (Lipinski definition) is 1. The van der Waals surface area contributed by atoms with E-state index in [9.17, 15) is 5.11 Å². The summed E-state index contributed by atoms with van der Waals surface area (Å²) in [6.07, 6.45) is 1.78. The van der Waals surface area contributed by atoms with Crippen molar-refractivity contribution in [3.63, 3.8) is 0 Å². The molecular formula is C12H20N2O3. The van der Waals surface area contributed by atoms with Gasteiger partial charge in [-0.2, -0.15) is 0 Å². The Bertz CT molecular complexity index is 347. The summed E-state index contributed by atoms with van der Waals surface area (Å²) in [5.74, 6) is 1.38. The Morgan fingerprint density at radius 2 is 2.35 bits per heavy atom. The van der Waals surface area contributed by atoms with Gasteiger partial charge in [-0.3, -0.25) is 0 Å². The van der Waals surface area contributed by atoms with Gasteiger partial charge in [0, 0.05) is 26.3 Å². The van der Waals surface area contributed by atoms with E-state index in [1.165, 1.54) is 0 Å². The van der Waals surface area contributed by atoms with Gasteiger partial charge in [0.05, 0.1) is 11.8 Å². The van der Waals surface area contributed by atoms with Crippen molar-refractivity contribution in [1.29, 1.82) is 0 Å². The summed E-state index contributed by atoms with van der Waals surface area (Å²) in [6, 6.07) is 1.93. The Kier molecular flexibility index (Phi) is 4.15. The number of ether oxygens (including phenoxy) is 1. The third-order valence-corrected chi connectivity index (χ3v) is 3.11. The van der Waals surface area contributed by atoms with Gasteiger partial charge in [0.2, 0.25) is 0 Å². The second-order valence-electron chi connectivity index (χ2n) is 4.91. The molecule has 2 rings (SSSR count). The largest absolute Gasteiger partial charge is 0.393 e. The highest BCUT2D eigenvalue weighted by molar-refractivity contribution is 5.04. The lowest BCUT2D eigenvalue weighted by Gasteiger charge is -2.34. The standard InChI is InChI=1S/C12H20N2O3/c1-14(6-9-3-11(15)4-9)7-10-5-12(8-16-2)17-13-10/h5,9,11,15H,3-4,6-8H2,1-2H3. The molecule has 1 aliphatic rings. The molecule has 0 saturated heterocycles. The minimum absolute atomic E-state index is 0.0752. The van der Waals surface area contributed by atoms with Crippen molar-refractivity contribution in [2.75, 3.05) is 20.7 Å². The Balaban J connectivity index is 1.75. The second kappa shape index (κ2) is 5.62. The summed E-state index contributed by atoms with van der Waals surface area (Å²) in [6.45, 7) is 2.24. The van der Waals surface area contributed by atoms with E-state index in [2.05, 4.69) is 17.1 Å². The molecule has 0 aromatic carbocycles. The van der Waals surface area contributed by atoms with Crippen LogP contribution < -0.4 is 0 Å². The van der Waals surface area contributed by atoms with Crippen LogP contribution in [0.15, 0.2) is 10.6 Å². The number of hydrogen-bond acceptors (Lipinski definition) is 5. The van der Waals surface area contributed by atoms with Crippen LogP contribution in [-0.4, -0.2) is 42.0 Å². The first kappa shape index (κ1) is 12.5. The monoisotopic (exact) mass is 240 g/mol. The molecule has 5 heteroatoms. The quantitative estimate of drug-likeness (QED) is 0.804. The molecule has 0 bridgehead atoms. The zero-order valence-electron chi connectivity index (χ0n) is 10.4. The second-order valence-corrected chi connectivity index (χ2v) is 4.91. The van der Waals surface area contributed by atoms with Crippen molar-refractivity contribution >= 4 is 0 Å². The van der Waals surface area contributed by atoms with Gasteiger partial charge in [-0.05, 0) is 25.8 Å². The molecule has 0 spiro atoms. The number of aromatic nitrogens is 1. The molecule has 96 valence electrons. The smallest absolute Gasteiger partial charge is 0.162 e. The lowest BCUT2D eigenvalue weighted by molar-refractivity contribution is 0.0271. The molecule has 0 unspecified atom stereocenters. The summed E-state index contributed by atoms with van der Waals surface area (Å²) in [5.41, 5.74) is 0.930. The van der Waals surface area contributed by atoms with E-state index < -0.39 is 0 Å². The first-order valence-corrected chi connectivity index (χ1v) is 5.97. The third kappa shape index (κ3) is 3.52. The van der Waals surface area contributed by atoms with Crippen LogP contribution in [0, 0.1) is 5.92 Å². The van der Waals surface area contributed by atoms with Crippen molar-refractivity contribution in [1.82, 2.24) is 10.1 Å². The zero-order chi connectivity index (χ0) is 12.3. The molecule has 0 aliphatic heterocycles. The average Bonchev–Trinajstić information content (AvgIpc) is 2.64. The molecule has 1 heterocycles. The van der Waals surface area contributed by atoms with Crippen molar-refractivity contribution in [3.8, 4) is 0 Å². The van der Waals surface area contributed by atoms with Crippen LogP contribution in [0.2, 0.25) is 0 Å². The highest BCUT2D eigenvalue weighted by atomic mass is 16.5. The van der Waals surface area contributed by atoms with Gasteiger partial charge >= 0.3 is 0 Å². The van der Waals surface area contributed by atoms with Gasteiger partial charge in [-0.25, -0.2) is 0 Å². The molecule has 0 atom stereocenters. The highest BCUT2D eigenvalue weighted by Crippen LogP contribution is 2.27. The summed E-state index contributed by atoms with van der Waals surface area (Å²) < 4.78 is 10.1. The van der Waals surface area contributed by atoms with E-state index in [1.807, 2.05) is 6.07 Å². The van der Waals surface area contributed by atoms with Crippen molar-refractivity contribution in [2.24, 2.45) is 5.92 Å². The van der Waals surface area contributed by atoms with Gasteiger partial charge in [-0.15, -0.1) is 0 Å². The highest BCUT2D eigenvalue weighted by Gasteiger charge is 2.27. The Morgan fingerprint density at radius 1 is 1.59 bits per heavy atom. The van der Waals surface area contributed by atoms with E-state index in [-0.39, 0.29) is 6.10 Å². The number of aliphatic hydroxyl groups is 1. The summed E-state index contributed by atoms with van der Waals surface area (Å²) in [5, 5.41) is 13.2. The van der Waals surface area contributed by atoms with Crippen LogP contribution >= 0.6 is 0 Å². The van der Waals surface area contributed by atoms with Crippen LogP contribution in [0.1, 0.15) is 24.3 Å². The fourth-order valence-electron chi connectivity index (χ4n) is 2.27. The van der Waals surface area contributed by atoms with Gasteiger partial charge in [0.1, 0.15) is 6.61 Å². The predicted octanol–water partition coefficient (Wildman–Crippen LogP) is 1.02. The normalized spacial score (nSPS) is 24.0. The first-order valence-electron chi connectivity index (χ1n) is 5.97. The molecule has 1 N–H and O–H groups in total. The van der Waals surface area contributed by atoms with E-state index in [0.717, 1.165) is 37.4 Å². The molecule has 1 fully saturated rings. The fraction of sp³-hybridized carbons (Fsp3) is 0.750. The fourth-order valence-corrected chi connectivity index (χ4v) is 2.27. The van der Waals surface area contributed by atoms with Crippen LogP contribution in [0.25, 0.3) is 0 Å². The molecule has 1 saturated carbocycles. The van der Waals surface area contributed by atoms with Crippen LogP contribution in [-0.2, 0) is 17.9 Å². The summed E-state index contributed by atoms with van der Waals surface area (Å²) >= 11 is 0. The number of rotatable bonds is 6. The minimum Gasteiger partial charge on any atom is -0.393 e. The van der Waals surface area contributed by atoms with E-state index >= 15 is 0 Å². The topological polar surface area (TPSA) is 58.7 Å². The van der Waals surface area contributed by atoms with Crippen LogP contribution in [0.4, 0.5) is 0 Å². The van der Waals surface area contributed by atoms with Crippen LogP contribution in [0.3, 0.4) is 0 Å². The van der Waals surface area contributed by atoms with Crippen LogP contribution in [0.5, 0.6) is 0 Å². The molecule has 5 nitrogen and oxygen atoms in total. The molecule has 17 heavy (non-hydrogen) atoms. The maximum atomic E-state index is 9.22. The molecular weight excluding hydrogens is 220 g/mol. The SMILES string of the molecule is COCc1cc(CN(C)CC2CC(O)C2)no1. The van der Waals surface area contributed by atoms with Gasteiger partial charge < -0.3 is 19.3 Å². The predicted molar refractivity (Wildman–Crippen MR) is 62.3 cm³/mol. The number of methoxy groups -OCH3 is 1. The Morgan fingerprint density at radius 3 is 3.00 bits per heavy atom. The number of nitrogens with zero attached hydrogens (tertiary/aromatic N) is 2. The van der Waals surface area contributed by atoms with Gasteiger partial charge in [0.15, 0.2) is 5.76 Å². The maximum Gasteiger partial charge on any atom is 0.162 e. The van der Waals surface area contributed by atoms with E-state index in [0.29, 0.717) is 12.5 Å². The van der Waals surface area contributed by atoms with Gasteiger partial charge in [0.25, 0.3) is 0 Å². The average molecular weight is 240 g/mol. The Labute approximate surface area is 101 Å². The minimum atomic E-state index is -0.0752. The summed E-state index contributed by atoms with van der Waals surface area (Å²) in [4.78, 5) is 2.21. The first-order chi connectivity index (χ1) is 8.17. The molecule has 0 radical (unpaired) electrons. The summed E-state index contributed by atoms with van der Waals surface area (Å²) in [7, 11) is 3.70. The van der Waals surface area contributed by atoms with Crippen molar-refractivity contribution < 1.29 is 14.4 Å². The van der Waals surface area contributed by atoms with Gasteiger partial charge in [-0.1, -0.05) is 5.16 Å².